The largest absolute Gasteiger partial charge is 0.497 e. The minimum absolute atomic E-state index is 0.226. The summed E-state index contributed by atoms with van der Waals surface area (Å²) in [6, 6.07) is 10.6. The molecule has 0 spiro atoms. The van der Waals surface area contributed by atoms with Crippen LogP contribution in [0.15, 0.2) is 47.0 Å². The maximum absolute atomic E-state index is 12.5. The van der Waals surface area contributed by atoms with Crippen LogP contribution in [0.4, 0.5) is 18.9 Å². The molecule has 2 aromatic carbocycles. The number of benzene rings is 2. The first-order valence-corrected chi connectivity index (χ1v) is 7.86. The Bertz CT molecular complexity index is 984. The third kappa shape index (κ3) is 4.05. The quantitative estimate of drug-likeness (QED) is 0.705. The Morgan fingerprint density at radius 3 is 2.36 bits per heavy atom. The zero-order valence-corrected chi connectivity index (χ0v) is 14.7. The van der Waals surface area contributed by atoms with E-state index in [0.29, 0.717) is 17.2 Å². The van der Waals surface area contributed by atoms with E-state index in [9.17, 15) is 18.0 Å². The van der Waals surface area contributed by atoms with Gasteiger partial charge in [-0.3, -0.25) is 4.79 Å². The maximum Gasteiger partial charge on any atom is 0.471 e. The van der Waals surface area contributed by atoms with Crippen molar-refractivity contribution in [3.63, 3.8) is 0 Å². The number of amides is 1. The molecule has 28 heavy (non-hydrogen) atoms. The lowest BCUT2D eigenvalue weighted by Gasteiger charge is -2.11. The number of nitrogens with zero attached hydrogens (tertiary/aromatic N) is 2. The van der Waals surface area contributed by atoms with Crippen molar-refractivity contribution in [2.24, 2.45) is 0 Å². The number of hydrogen-bond donors (Lipinski definition) is 1. The van der Waals surface area contributed by atoms with E-state index in [-0.39, 0.29) is 17.0 Å². The van der Waals surface area contributed by atoms with Crippen molar-refractivity contribution in [2.45, 2.75) is 6.18 Å². The summed E-state index contributed by atoms with van der Waals surface area (Å²) < 4.78 is 52.1. The highest BCUT2D eigenvalue weighted by molar-refractivity contribution is 6.05. The highest BCUT2D eigenvalue weighted by atomic mass is 19.4. The van der Waals surface area contributed by atoms with Crippen LogP contribution in [0.3, 0.4) is 0 Å². The number of aromatic nitrogens is 2. The van der Waals surface area contributed by atoms with Crippen molar-refractivity contribution in [2.75, 3.05) is 19.5 Å². The van der Waals surface area contributed by atoms with Crippen LogP contribution in [0.2, 0.25) is 0 Å². The topological polar surface area (TPSA) is 86.5 Å². The van der Waals surface area contributed by atoms with Gasteiger partial charge in [-0.15, -0.1) is 0 Å². The summed E-state index contributed by atoms with van der Waals surface area (Å²) in [5.41, 5.74) is 0.990. The Morgan fingerprint density at radius 1 is 1.07 bits per heavy atom. The second-order valence-electron chi connectivity index (χ2n) is 5.52. The molecule has 0 saturated carbocycles. The molecular formula is C18H14F3N3O4. The van der Waals surface area contributed by atoms with E-state index >= 15 is 0 Å². The highest BCUT2D eigenvalue weighted by Crippen LogP contribution is 2.30. The molecule has 0 aliphatic heterocycles. The van der Waals surface area contributed by atoms with Crippen LogP contribution in [-0.2, 0) is 6.18 Å². The monoisotopic (exact) mass is 393 g/mol. The first kappa shape index (κ1) is 19.2. The standard InChI is InChI=1S/C18H14F3N3O4/c1-26-12-7-8-13(14(9-12)27-2)22-16(25)11-5-3-10(4-6-11)15-23-17(28-24-15)18(19,20)21/h3-9H,1-2H3,(H,22,25). The lowest BCUT2D eigenvalue weighted by atomic mass is 10.1. The van der Waals surface area contributed by atoms with E-state index in [1.807, 2.05) is 0 Å². The van der Waals surface area contributed by atoms with Gasteiger partial charge in [0.1, 0.15) is 11.5 Å². The Hall–Kier alpha value is -3.56. The van der Waals surface area contributed by atoms with Crippen LogP contribution in [0, 0.1) is 0 Å². The third-order valence-corrected chi connectivity index (χ3v) is 3.73. The first-order chi connectivity index (χ1) is 13.3. The van der Waals surface area contributed by atoms with Gasteiger partial charge in [0, 0.05) is 17.2 Å². The number of nitrogens with one attached hydrogen (secondary N) is 1. The molecule has 0 aliphatic rings. The van der Waals surface area contributed by atoms with Gasteiger partial charge in [-0.1, -0.05) is 17.3 Å². The second-order valence-corrected chi connectivity index (χ2v) is 5.52. The number of halogens is 3. The lowest BCUT2D eigenvalue weighted by molar-refractivity contribution is -0.159. The molecule has 146 valence electrons. The fourth-order valence-electron chi connectivity index (χ4n) is 2.32. The predicted octanol–water partition coefficient (Wildman–Crippen LogP) is 4.02. The summed E-state index contributed by atoms with van der Waals surface area (Å²) in [7, 11) is 2.97. The van der Waals surface area contributed by atoms with E-state index < -0.39 is 18.0 Å². The number of methoxy groups -OCH3 is 2. The second kappa shape index (κ2) is 7.59. The van der Waals surface area contributed by atoms with E-state index in [1.54, 1.807) is 18.2 Å². The molecule has 0 bridgehead atoms. The Labute approximate surface area is 157 Å². The van der Waals surface area contributed by atoms with Gasteiger partial charge in [0.2, 0.25) is 5.82 Å². The van der Waals surface area contributed by atoms with Gasteiger partial charge >= 0.3 is 12.1 Å². The number of anilines is 1. The normalized spacial score (nSPS) is 11.2. The highest BCUT2D eigenvalue weighted by Gasteiger charge is 2.38. The summed E-state index contributed by atoms with van der Waals surface area (Å²) in [5.74, 6) is -1.11. The average molecular weight is 393 g/mol. The Morgan fingerprint density at radius 2 is 1.79 bits per heavy atom. The van der Waals surface area contributed by atoms with Crippen molar-refractivity contribution in [1.29, 1.82) is 0 Å². The molecule has 7 nitrogen and oxygen atoms in total. The SMILES string of the molecule is COc1ccc(NC(=O)c2ccc(-c3noc(C(F)(F)F)n3)cc2)c(OC)c1. The molecule has 0 saturated heterocycles. The summed E-state index contributed by atoms with van der Waals surface area (Å²) in [6.07, 6.45) is -4.72. The van der Waals surface area contributed by atoms with Crippen molar-refractivity contribution in [3.05, 3.63) is 53.9 Å². The van der Waals surface area contributed by atoms with Gasteiger partial charge < -0.3 is 19.3 Å². The average Bonchev–Trinajstić information content (AvgIpc) is 3.19. The smallest absolute Gasteiger partial charge is 0.471 e. The molecule has 1 heterocycles. The summed E-state index contributed by atoms with van der Waals surface area (Å²) >= 11 is 0. The van der Waals surface area contributed by atoms with Crippen molar-refractivity contribution >= 4 is 11.6 Å². The molecule has 1 N–H and O–H groups in total. The van der Waals surface area contributed by atoms with Gasteiger partial charge in [0.05, 0.1) is 19.9 Å². The lowest BCUT2D eigenvalue weighted by Crippen LogP contribution is -2.12. The van der Waals surface area contributed by atoms with Crippen LogP contribution in [0.5, 0.6) is 11.5 Å². The fourth-order valence-corrected chi connectivity index (χ4v) is 2.32. The molecule has 3 aromatic rings. The van der Waals surface area contributed by atoms with Gasteiger partial charge in [-0.25, -0.2) is 0 Å². The van der Waals surface area contributed by atoms with Crippen LogP contribution in [0.1, 0.15) is 16.2 Å². The van der Waals surface area contributed by atoms with E-state index in [0.717, 1.165) is 0 Å². The van der Waals surface area contributed by atoms with Crippen molar-refractivity contribution in [3.8, 4) is 22.9 Å². The molecule has 3 rings (SSSR count). The predicted molar refractivity (Wildman–Crippen MR) is 92.2 cm³/mol. The van der Waals surface area contributed by atoms with E-state index in [2.05, 4.69) is 20.0 Å². The molecule has 0 atom stereocenters. The number of rotatable bonds is 5. The minimum atomic E-state index is -4.72. The van der Waals surface area contributed by atoms with Gasteiger partial charge in [-0.2, -0.15) is 18.2 Å². The molecule has 0 unspecified atom stereocenters. The number of alkyl halides is 3. The molecule has 0 aliphatic carbocycles. The fraction of sp³-hybridized carbons (Fsp3) is 0.167. The van der Waals surface area contributed by atoms with Crippen LogP contribution in [0.25, 0.3) is 11.4 Å². The van der Waals surface area contributed by atoms with E-state index in [4.69, 9.17) is 9.47 Å². The molecule has 0 radical (unpaired) electrons. The molecule has 0 fully saturated rings. The zero-order chi connectivity index (χ0) is 20.3. The molecule has 10 heteroatoms. The Kier molecular flexibility index (Phi) is 5.21. The van der Waals surface area contributed by atoms with Gasteiger partial charge in [0.15, 0.2) is 0 Å². The van der Waals surface area contributed by atoms with Gasteiger partial charge in [-0.05, 0) is 24.3 Å². The van der Waals surface area contributed by atoms with Crippen LogP contribution < -0.4 is 14.8 Å². The zero-order valence-electron chi connectivity index (χ0n) is 14.7. The van der Waals surface area contributed by atoms with Crippen molar-refractivity contribution < 1.29 is 32.0 Å². The number of carbonyl (C=O) groups excluding carboxylic acids is 1. The van der Waals surface area contributed by atoms with Gasteiger partial charge in [0.25, 0.3) is 5.91 Å². The summed E-state index contributed by atoms with van der Waals surface area (Å²) in [6.45, 7) is 0. The van der Waals surface area contributed by atoms with Crippen LogP contribution >= 0.6 is 0 Å². The first-order valence-electron chi connectivity index (χ1n) is 7.86. The van der Waals surface area contributed by atoms with Crippen LogP contribution in [-0.4, -0.2) is 30.3 Å². The minimum Gasteiger partial charge on any atom is -0.497 e. The maximum atomic E-state index is 12.5. The molecule has 1 aromatic heterocycles. The number of ether oxygens (including phenoxy) is 2. The molecule has 1 amide bonds. The molecular weight excluding hydrogens is 379 g/mol. The summed E-state index contributed by atoms with van der Waals surface area (Å²) in [5, 5.41) is 5.99. The van der Waals surface area contributed by atoms with Crippen molar-refractivity contribution in [1.82, 2.24) is 10.1 Å². The number of carbonyl (C=O) groups is 1. The third-order valence-electron chi connectivity index (χ3n) is 3.73. The number of hydrogen-bond acceptors (Lipinski definition) is 6. The Balaban J connectivity index is 1.76. The summed E-state index contributed by atoms with van der Waals surface area (Å²) in [4.78, 5) is 15.7. The van der Waals surface area contributed by atoms with E-state index in [1.165, 1.54) is 38.5 Å².